The maximum atomic E-state index is 13.4. The molecule has 33 heavy (non-hydrogen) atoms. The molecule has 0 radical (unpaired) electrons. The lowest BCUT2D eigenvalue weighted by atomic mass is 10.1. The van der Waals surface area contributed by atoms with Crippen molar-refractivity contribution >= 4 is 23.2 Å². The van der Waals surface area contributed by atoms with Crippen molar-refractivity contribution in [2.24, 2.45) is 0 Å². The summed E-state index contributed by atoms with van der Waals surface area (Å²) in [7, 11) is 0. The highest BCUT2D eigenvalue weighted by atomic mass is 32.1. The first kappa shape index (κ1) is 22.4. The number of hydrogen-bond donors (Lipinski definition) is 2. The number of nitrogens with one attached hydrogen (secondary N) is 2. The van der Waals surface area contributed by atoms with E-state index in [0.29, 0.717) is 37.2 Å². The van der Waals surface area contributed by atoms with Gasteiger partial charge in [0, 0.05) is 47.8 Å². The summed E-state index contributed by atoms with van der Waals surface area (Å²) in [6.45, 7) is 0.717. The topological polar surface area (TPSA) is 76.0 Å². The summed E-state index contributed by atoms with van der Waals surface area (Å²) in [4.78, 5) is 24.3. The van der Waals surface area contributed by atoms with Crippen molar-refractivity contribution < 1.29 is 14.0 Å². The van der Waals surface area contributed by atoms with Gasteiger partial charge in [-0.3, -0.25) is 9.59 Å². The molecule has 0 bridgehead atoms. The van der Waals surface area contributed by atoms with Crippen LogP contribution in [0.3, 0.4) is 0 Å². The lowest BCUT2D eigenvalue weighted by Gasteiger charge is -2.07. The van der Waals surface area contributed by atoms with Gasteiger partial charge >= 0.3 is 0 Å². The van der Waals surface area contributed by atoms with Gasteiger partial charge in [0.25, 0.3) is 5.91 Å². The van der Waals surface area contributed by atoms with E-state index in [9.17, 15) is 14.0 Å². The molecule has 8 heteroatoms. The number of thiophene rings is 1. The normalized spacial score (nSPS) is 10.7. The first-order valence-corrected chi connectivity index (χ1v) is 11.5. The van der Waals surface area contributed by atoms with E-state index in [1.165, 1.54) is 23.5 Å². The molecule has 4 rings (SSSR count). The Morgan fingerprint density at radius 1 is 1.00 bits per heavy atom. The van der Waals surface area contributed by atoms with Gasteiger partial charge in [0.05, 0.1) is 11.4 Å². The van der Waals surface area contributed by atoms with Gasteiger partial charge in [-0.25, -0.2) is 9.07 Å². The maximum absolute atomic E-state index is 13.4. The molecule has 0 fully saturated rings. The zero-order valence-corrected chi connectivity index (χ0v) is 18.6. The second kappa shape index (κ2) is 10.7. The summed E-state index contributed by atoms with van der Waals surface area (Å²) in [5.74, 6) is -0.562. The van der Waals surface area contributed by atoms with Crippen LogP contribution >= 0.6 is 11.3 Å². The second-order valence-corrected chi connectivity index (χ2v) is 8.22. The first-order valence-electron chi connectivity index (χ1n) is 10.6. The number of nitrogens with zero attached hydrogens (tertiary/aromatic N) is 2. The number of amides is 2. The van der Waals surface area contributed by atoms with Crippen LogP contribution in [0.1, 0.15) is 28.8 Å². The van der Waals surface area contributed by atoms with E-state index in [-0.39, 0.29) is 17.6 Å². The Labute approximate surface area is 195 Å². The maximum Gasteiger partial charge on any atom is 0.252 e. The number of aromatic nitrogens is 2. The molecule has 0 unspecified atom stereocenters. The van der Waals surface area contributed by atoms with E-state index in [4.69, 9.17) is 0 Å². The van der Waals surface area contributed by atoms with E-state index in [1.807, 2.05) is 41.9 Å². The van der Waals surface area contributed by atoms with E-state index in [1.54, 1.807) is 28.3 Å². The Hall–Kier alpha value is -3.78. The van der Waals surface area contributed by atoms with Gasteiger partial charge < -0.3 is 10.6 Å². The number of rotatable bonds is 9. The van der Waals surface area contributed by atoms with Gasteiger partial charge in [-0.15, -0.1) is 0 Å². The average Bonchev–Trinajstić information content (AvgIpc) is 3.52. The highest BCUT2D eigenvalue weighted by Crippen LogP contribution is 2.24. The predicted octanol–water partition coefficient (Wildman–Crippen LogP) is 4.57. The largest absolute Gasteiger partial charge is 0.352 e. The molecule has 2 N–H and O–H groups in total. The molecule has 2 heterocycles. The van der Waals surface area contributed by atoms with Gasteiger partial charge in [-0.05, 0) is 54.3 Å². The molecule has 2 aromatic carbocycles. The predicted molar refractivity (Wildman–Crippen MR) is 127 cm³/mol. The number of benzene rings is 2. The average molecular weight is 463 g/mol. The molecule has 2 amide bonds. The van der Waals surface area contributed by atoms with Gasteiger partial charge in [-0.2, -0.15) is 16.4 Å². The molecule has 6 nitrogen and oxygen atoms in total. The van der Waals surface area contributed by atoms with Crippen LogP contribution in [0, 0.1) is 5.82 Å². The van der Waals surface area contributed by atoms with Crippen molar-refractivity contribution in [1.29, 1.82) is 0 Å². The molecule has 2 aromatic heterocycles. The summed E-state index contributed by atoms with van der Waals surface area (Å²) >= 11 is 1.47. The fraction of sp³-hybridized carbons (Fsp3) is 0.160. The smallest absolute Gasteiger partial charge is 0.252 e. The quantitative estimate of drug-likeness (QED) is 0.358. The number of hydrogen-bond acceptors (Lipinski definition) is 4. The van der Waals surface area contributed by atoms with E-state index in [2.05, 4.69) is 15.7 Å². The van der Waals surface area contributed by atoms with Crippen molar-refractivity contribution in [3.05, 3.63) is 94.6 Å². The highest BCUT2D eigenvalue weighted by Gasteiger charge is 2.14. The SMILES string of the molecule is O=C(CCCNC(=O)c1ccsc1)NCc1cn(-c2ccccc2)nc1-c1ccc(F)cc1. The molecule has 0 aliphatic carbocycles. The van der Waals surface area contributed by atoms with Gasteiger partial charge in [0.2, 0.25) is 5.91 Å². The molecule has 0 spiro atoms. The van der Waals surface area contributed by atoms with Crippen molar-refractivity contribution in [2.75, 3.05) is 6.54 Å². The molecule has 0 saturated carbocycles. The van der Waals surface area contributed by atoms with Crippen LogP contribution in [0.2, 0.25) is 0 Å². The summed E-state index contributed by atoms with van der Waals surface area (Å²) in [5, 5.41) is 14.0. The molecular weight excluding hydrogens is 439 g/mol. The number of carbonyl (C=O) groups excluding carboxylic acids is 2. The minimum Gasteiger partial charge on any atom is -0.352 e. The van der Waals surface area contributed by atoms with Crippen molar-refractivity contribution in [3.63, 3.8) is 0 Å². The lowest BCUT2D eigenvalue weighted by Crippen LogP contribution is -2.27. The summed E-state index contributed by atoms with van der Waals surface area (Å²) < 4.78 is 15.1. The lowest BCUT2D eigenvalue weighted by molar-refractivity contribution is -0.121. The molecule has 0 aliphatic heterocycles. The Morgan fingerprint density at radius 3 is 2.52 bits per heavy atom. The fourth-order valence-corrected chi connectivity index (χ4v) is 3.97. The summed E-state index contributed by atoms with van der Waals surface area (Å²) in [6, 6.07) is 17.6. The Morgan fingerprint density at radius 2 is 1.79 bits per heavy atom. The van der Waals surface area contributed by atoms with Crippen molar-refractivity contribution in [1.82, 2.24) is 20.4 Å². The summed E-state index contributed by atoms with van der Waals surface area (Å²) in [6.07, 6.45) is 2.70. The third-order valence-electron chi connectivity index (χ3n) is 5.05. The van der Waals surface area contributed by atoms with Crippen LogP contribution in [0.25, 0.3) is 16.9 Å². The zero-order chi connectivity index (χ0) is 23.0. The minimum atomic E-state index is -0.317. The van der Waals surface area contributed by atoms with Crippen LogP contribution in [-0.2, 0) is 11.3 Å². The zero-order valence-electron chi connectivity index (χ0n) is 17.8. The van der Waals surface area contributed by atoms with Crippen LogP contribution in [0.5, 0.6) is 0 Å². The van der Waals surface area contributed by atoms with Crippen LogP contribution in [-0.4, -0.2) is 28.1 Å². The van der Waals surface area contributed by atoms with E-state index < -0.39 is 0 Å². The highest BCUT2D eigenvalue weighted by molar-refractivity contribution is 7.08. The first-order chi connectivity index (χ1) is 16.1. The van der Waals surface area contributed by atoms with Crippen LogP contribution in [0.15, 0.2) is 77.6 Å². The van der Waals surface area contributed by atoms with Gasteiger partial charge in [0.1, 0.15) is 5.82 Å². The number of para-hydroxylation sites is 1. The Balaban J connectivity index is 1.37. The third kappa shape index (κ3) is 5.93. The molecular formula is C25H23FN4O2S. The van der Waals surface area contributed by atoms with Crippen LogP contribution in [0.4, 0.5) is 4.39 Å². The van der Waals surface area contributed by atoms with Crippen molar-refractivity contribution in [2.45, 2.75) is 19.4 Å². The van der Waals surface area contributed by atoms with Gasteiger partial charge in [0.15, 0.2) is 0 Å². The molecule has 0 atom stereocenters. The molecule has 4 aromatic rings. The molecule has 0 saturated heterocycles. The standard InChI is InChI=1S/C25H23FN4O2S/c26-21-10-8-18(9-11-21)24-20(16-30(29-24)22-5-2-1-3-6-22)15-28-23(31)7-4-13-27-25(32)19-12-14-33-17-19/h1-3,5-6,8-12,14,16-17H,4,7,13,15H2,(H,27,32)(H,28,31). The third-order valence-corrected chi connectivity index (χ3v) is 5.74. The van der Waals surface area contributed by atoms with Crippen LogP contribution < -0.4 is 10.6 Å². The summed E-state index contributed by atoms with van der Waals surface area (Å²) in [5.41, 5.74) is 3.80. The number of carbonyl (C=O) groups is 2. The molecule has 0 aliphatic rings. The monoisotopic (exact) mass is 462 g/mol. The second-order valence-electron chi connectivity index (χ2n) is 7.44. The van der Waals surface area contributed by atoms with E-state index >= 15 is 0 Å². The van der Waals surface area contributed by atoms with Crippen molar-refractivity contribution in [3.8, 4) is 16.9 Å². The molecule has 168 valence electrons. The van der Waals surface area contributed by atoms with E-state index in [0.717, 1.165) is 16.8 Å². The fourth-order valence-electron chi connectivity index (χ4n) is 3.33. The van der Waals surface area contributed by atoms with Gasteiger partial charge in [-0.1, -0.05) is 18.2 Å². The number of halogens is 1. The Kier molecular flexibility index (Phi) is 7.26. The Bertz CT molecular complexity index is 1210. The minimum absolute atomic E-state index is 0.114.